The zero-order valence-corrected chi connectivity index (χ0v) is 13.0. The van der Waals surface area contributed by atoms with E-state index in [1.807, 2.05) is 43.0 Å². The van der Waals surface area contributed by atoms with E-state index in [9.17, 15) is 4.79 Å². The lowest BCUT2D eigenvalue weighted by Crippen LogP contribution is -2.48. The van der Waals surface area contributed by atoms with Gasteiger partial charge in [0.15, 0.2) is 0 Å². The number of likely N-dealkylation sites (tertiary alicyclic amines) is 1. The number of rotatable bonds is 2. The maximum atomic E-state index is 12.8. The van der Waals surface area contributed by atoms with Gasteiger partial charge < -0.3 is 9.42 Å². The van der Waals surface area contributed by atoms with Crippen LogP contribution in [0.4, 0.5) is 0 Å². The van der Waals surface area contributed by atoms with Gasteiger partial charge in [0.1, 0.15) is 0 Å². The van der Waals surface area contributed by atoms with Gasteiger partial charge >= 0.3 is 0 Å². The van der Waals surface area contributed by atoms with Crippen LogP contribution in [0.5, 0.6) is 0 Å². The van der Waals surface area contributed by atoms with Gasteiger partial charge in [-0.05, 0) is 32.0 Å². The summed E-state index contributed by atoms with van der Waals surface area (Å²) in [5, 5.41) is 4.64. The van der Waals surface area contributed by atoms with E-state index in [-0.39, 0.29) is 5.91 Å². The van der Waals surface area contributed by atoms with Gasteiger partial charge in [0.05, 0.1) is 16.6 Å². The third kappa shape index (κ3) is 2.27. The molecule has 0 aliphatic carbocycles. The topological polar surface area (TPSA) is 72.1 Å². The lowest BCUT2D eigenvalue weighted by molar-refractivity contribution is 0.0600. The second-order valence-electron chi connectivity index (χ2n) is 5.92. The Morgan fingerprint density at radius 2 is 2.13 bits per heavy atom. The van der Waals surface area contributed by atoms with E-state index in [1.165, 1.54) is 0 Å². The van der Waals surface area contributed by atoms with Crippen LogP contribution < -0.4 is 0 Å². The molecule has 1 aliphatic heterocycles. The van der Waals surface area contributed by atoms with E-state index in [0.29, 0.717) is 41.4 Å². The fourth-order valence-electron chi connectivity index (χ4n) is 3.01. The maximum absolute atomic E-state index is 12.8. The summed E-state index contributed by atoms with van der Waals surface area (Å²) >= 11 is 0. The van der Waals surface area contributed by atoms with Crippen LogP contribution in [0.3, 0.4) is 0 Å². The fourth-order valence-corrected chi connectivity index (χ4v) is 3.01. The molecule has 0 N–H and O–H groups in total. The maximum Gasteiger partial charge on any atom is 0.258 e. The lowest BCUT2D eigenvalue weighted by Gasteiger charge is -2.39. The Balaban J connectivity index is 1.61. The molecule has 1 amide bonds. The molecule has 6 nitrogen and oxygen atoms in total. The largest absolute Gasteiger partial charge is 0.337 e. The van der Waals surface area contributed by atoms with Crippen LogP contribution in [-0.4, -0.2) is 39.0 Å². The normalized spacial score (nSPS) is 15.0. The Hall–Kier alpha value is -2.76. The summed E-state index contributed by atoms with van der Waals surface area (Å²) < 4.78 is 5.20. The Morgan fingerprint density at radius 1 is 1.30 bits per heavy atom. The summed E-state index contributed by atoms with van der Waals surface area (Å²) in [5.74, 6) is 0.307. The molecule has 0 bridgehead atoms. The van der Waals surface area contributed by atoms with Gasteiger partial charge in [0.2, 0.25) is 0 Å². The van der Waals surface area contributed by atoms with Crippen molar-refractivity contribution in [1.29, 1.82) is 0 Å². The third-order valence-electron chi connectivity index (χ3n) is 4.25. The SMILES string of the molecule is Cc1cc(C(=O)N2CC(c3ccccn3)C2)c2c(C)noc2n1. The number of carbonyl (C=O) groups is 1. The summed E-state index contributed by atoms with van der Waals surface area (Å²) in [5.41, 5.74) is 3.52. The number of carbonyl (C=O) groups excluding carboxylic acids is 1. The van der Waals surface area contributed by atoms with Crippen LogP contribution in [0.2, 0.25) is 0 Å². The van der Waals surface area contributed by atoms with Crippen molar-refractivity contribution in [2.45, 2.75) is 19.8 Å². The highest BCUT2D eigenvalue weighted by atomic mass is 16.5. The Kier molecular flexibility index (Phi) is 3.11. The van der Waals surface area contributed by atoms with Gasteiger partial charge in [-0.3, -0.25) is 9.78 Å². The van der Waals surface area contributed by atoms with Crippen LogP contribution in [0, 0.1) is 13.8 Å². The summed E-state index contributed by atoms with van der Waals surface area (Å²) in [4.78, 5) is 23.3. The minimum Gasteiger partial charge on any atom is -0.337 e. The second-order valence-corrected chi connectivity index (χ2v) is 5.92. The molecule has 1 saturated heterocycles. The van der Waals surface area contributed by atoms with E-state index >= 15 is 0 Å². The van der Waals surface area contributed by atoms with Crippen LogP contribution in [0.15, 0.2) is 35.0 Å². The predicted molar refractivity (Wildman–Crippen MR) is 84.2 cm³/mol. The van der Waals surface area contributed by atoms with Crippen LogP contribution in [0.25, 0.3) is 11.1 Å². The molecule has 0 atom stereocenters. The van der Waals surface area contributed by atoms with Crippen molar-refractivity contribution in [2.75, 3.05) is 13.1 Å². The third-order valence-corrected chi connectivity index (χ3v) is 4.25. The number of aryl methyl sites for hydroxylation is 2. The molecule has 3 aromatic rings. The molecular formula is C17H16N4O2. The average Bonchev–Trinajstić information content (AvgIpc) is 2.87. The molecule has 0 saturated carbocycles. The van der Waals surface area contributed by atoms with Gasteiger partial charge in [-0.15, -0.1) is 0 Å². The van der Waals surface area contributed by atoms with E-state index in [0.717, 1.165) is 11.4 Å². The van der Waals surface area contributed by atoms with Gasteiger partial charge in [0.25, 0.3) is 11.6 Å². The highest BCUT2D eigenvalue weighted by Gasteiger charge is 2.34. The van der Waals surface area contributed by atoms with Gasteiger partial charge in [-0.2, -0.15) is 0 Å². The number of aromatic nitrogens is 3. The Bertz CT molecular complexity index is 882. The van der Waals surface area contributed by atoms with Crippen molar-refractivity contribution in [2.24, 2.45) is 0 Å². The van der Waals surface area contributed by atoms with Crippen molar-refractivity contribution in [3.8, 4) is 0 Å². The average molecular weight is 308 g/mol. The number of pyridine rings is 2. The predicted octanol–water partition coefficient (Wildman–Crippen LogP) is 2.47. The molecule has 23 heavy (non-hydrogen) atoms. The molecule has 0 unspecified atom stereocenters. The first-order chi connectivity index (χ1) is 11.1. The quantitative estimate of drug-likeness (QED) is 0.727. The first kappa shape index (κ1) is 13.9. The van der Waals surface area contributed by atoms with Crippen molar-refractivity contribution < 1.29 is 9.32 Å². The molecule has 4 rings (SSSR count). The molecule has 116 valence electrons. The minimum atomic E-state index is -0.000943. The number of nitrogens with zero attached hydrogens (tertiary/aromatic N) is 4. The zero-order valence-electron chi connectivity index (χ0n) is 13.0. The molecule has 0 spiro atoms. The number of hydrogen-bond donors (Lipinski definition) is 0. The second kappa shape index (κ2) is 5.15. The standard InChI is InChI=1S/C17H16N4O2/c1-10-7-13(15-11(2)20-23-16(15)19-10)17(22)21-8-12(9-21)14-5-3-4-6-18-14/h3-7,12H,8-9H2,1-2H3. The molecule has 1 aliphatic rings. The molecular weight excluding hydrogens is 292 g/mol. The van der Waals surface area contributed by atoms with E-state index in [4.69, 9.17) is 4.52 Å². The van der Waals surface area contributed by atoms with E-state index < -0.39 is 0 Å². The lowest BCUT2D eigenvalue weighted by atomic mass is 9.94. The highest BCUT2D eigenvalue weighted by Crippen LogP contribution is 2.29. The van der Waals surface area contributed by atoms with Gasteiger partial charge in [0, 0.05) is 36.6 Å². The van der Waals surface area contributed by atoms with Gasteiger partial charge in [-0.25, -0.2) is 4.98 Å². The molecule has 3 aromatic heterocycles. The van der Waals surface area contributed by atoms with E-state index in [2.05, 4.69) is 15.1 Å². The Morgan fingerprint density at radius 3 is 2.87 bits per heavy atom. The van der Waals surface area contributed by atoms with Crippen LogP contribution >= 0.6 is 0 Å². The van der Waals surface area contributed by atoms with Crippen molar-refractivity contribution in [1.82, 2.24) is 20.0 Å². The summed E-state index contributed by atoms with van der Waals surface area (Å²) in [6.45, 7) is 5.04. The monoisotopic (exact) mass is 308 g/mol. The zero-order chi connectivity index (χ0) is 16.0. The minimum absolute atomic E-state index is 0.000943. The highest BCUT2D eigenvalue weighted by molar-refractivity contribution is 6.06. The first-order valence-corrected chi connectivity index (χ1v) is 7.57. The van der Waals surface area contributed by atoms with Crippen LogP contribution in [-0.2, 0) is 0 Å². The number of hydrogen-bond acceptors (Lipinski definition) is 5. The number of fused-ring (bicyclic) bond motifs is 1. The fraction of sp³-hybridized carbons (Fsp3) is 0.294. The molecule has 0 aromatic carbocycles. The van der Waals surface area contributed by atoms with Crippen molar-refractivity contribution >= 4 is 17.0 Å². The summed E-state index contributed by atoms with van der Waals surface area (Å²) in [7, 11) is 0. The summed E-state index contributed by atoms with van der Waals surface area (Å²) in [6, 6.07) is 7.69. The smallest absolute Gasteiger partial charge is 0.258 e. The molecule has 6 heteroatoms. The van der Waals surface area contributed by atoms with Crippen LogP contribution in [0.1, 0.15) is 33.4 Å². The van der Waals surface area contributed by atoms with E-state index in [1.54, 1.807) is 6.20 Å². The molecule has 0 radical (unpaired) electrons. The molecule has 4 heterocycles. The number of amides is 1. The molecule has 1 fully saturated rings. The first-order valence-electron chi connectivity index (χ1n) is 7.57. The van der Waals surface area contributed by atoms with Crippen molar-refractivity contribution in [3.63, 3.8) is 0 Å². The van der Waals surface area contributed by atoms with Crippen molar-refractivity contribution in [3.05, 3.63) is 53.1 Å². The van der Waals surface area contributed by atoms with Gasteiger partial charge in [-0.1, -0.05) is 11.2 Å². The summed E-state index contributed by atoms with van der Waals surface area (Å²) in [6.07, 6.45) is 1.79. The Labute approximate surface area is 133 Å².